The lowest BCUT2D eigenvalue weighted by atomic mass is 10.1. The van der Waals surface area contributed by atoms with Crippen molar-refractivity contribution in [1.82, 2.24) is 15.7 Å². The van der Waals surface area contributed by atoms with Gasteiger partial charge in [0, 0.05) is 27.5 Å². The zero-order chi connectivity index (χ0) is 26.6. The third-order valence-corrected chi connectivity index (χ3v) is 6.95. The maximum Gasteiger partial charge on any atom is 0.408 e. The third kappa shape index (κ3) is 10.9. The number of benzene rings is 1. The molecule has 2 rings (SSSR count). The van der Waals surface area contributed by atoms with Gasteiger partial charge in [-0.1, -0.05) is 50.0 Å². The molecular weight excluding hydrogens is 486 g/mol. The first-order valence-corrected chi connectivity index (χ1v) is 15.7. The van der Waals surface area contributed by atoms with Crippen LogP contribution in [-0.4, -0.2) is 62.3 Å². The molecule has 1 aromatic rings. The summed E-state index contributed by atoms with van der Waals surface area (Å²) in [7, 11) is -1.29. The van der Waals surface area contributed by atoms with E-state index in [1.165, 1.54) is 0 Å². The lowest BCUT2D eigenvalue weighted by molar-refractivity contribution is -0.199. The highest BCUT2D eigenvalue weighted by atomic mass is 28.3. The maximum atomic E-state index is 12.6. The van der Waals surface area contributed by atoms with Gasteiger partial charge >= 0.3 is 18.2 Å². The molecule has 198 valence electrons. The van der Waals surface area contributed by atoms with Crippen molar-refractivity contribution >= 4 is 38.0 Å². The SMILES string of the molecule is C[Si](C)(C)CCOC(=O)NCCCC[C@H](NC(=O)OCc1ccccc1)C(=O)ON1C(=O)CCC1=O. The van der Waals surface area contributed by atoms with Crippen molar-refractivity contribution in [2.24, 2.45) is 0 Å². The van der Waals surface area contributed by atoms with E-state index in [4.69, 9.17) is 14.3 Å². The molecule has 1 aromatic carbocycles. The van der Waals surface area contributed by atoms with E-state index in [1.54, 1.807) is 24.3 Å². The highest BCUT2D eigenvalue weighted by Gasteiger charge is 2.35. The Morgan fingerprint density at radius 2 is 1.64 bits per heavy atom. The minimum Gasteiger partial charge on any atom is -0.450 e. The molecule has 2 N–H and O–H groups in total. The Hall–Kier alpha value is -3.41. The molecule has 0 spiro atoms. The number of hydrogen-bond acceptors (Lipinski definition) is 8. The Labute approximate surface area is 211 Å². The number of amides is 4. The molecule has 11 nitrogen and oxygen atoms in total. The molecule has 1 saturated heterocycles. The number of nitrogens with zero attached hydrogens (tertiary/aromatic N) is 1. The molecular formula is C24H35N3O8Si. The highest BCUT2D eigenvalue weighted by Crippen LogP contribution is 2.14. The molecule has 0 saturated carbocycles. The van der Waals surface area contributed by atoms with Crippen molar-refractivity contribution < 1.29 is 38.3 Å². The first kappa shape index (κ1) is 28.8. The molecule has 12 heteroatoms. The average molecular weight is 522 g/mol. The molecule has 1 aliphatic rings. The van der Waals surface area contributed by atoms with Crippen molar-refractivity contribution in [2.75, 3.05) is 13.2 Å². The Morgan fingerprint density at radius 3 is 2.28 bits per heavy atom. The molecule has 1 fully saturated rings. The van der Waals surface area contributed by atoms with Crippen molar-refractivity contribution in [2.45, 2.75) is 70.4 Å². The van der Waals surface area contributed by atoms with Crippen LogP contribution in [0.1, 0.15) is 37.7 Å². The number of rotatable bonds is 13. The summed E-state index contributed by atoms with van der Waals surface area (Å²) in [4.78, 5) is 65.3. The van der Waals surface area contributed by atoms with Crippen LogP contribution in [0, 0.1) is 0 Å². The minimum atomic E-state index is -1.29. The van der Waals surface area contributed by atoms with Gasteiger partial charge in [0.15, 0.2) is 0 Å². The molecule has 0 radical (unpaired) electrons. The molecule has 4 amide bonds. The smallest absolute Gasteiger partial charge is 0.408 e. The summed E-state index contributed by atoms with van der Waals surface area (Å²) < 4.78 is 10.3. The number of hydrogen-bond donors (Lipinski definition) is 2. The molecule has 1 heterocycles. The molecule has 0 bridgehead atoms. The van der Waals surface area contributed by atoms with E-state index in [2.05, 4.69) is 30.3 Å². The number of ether oxygens (including phenoxy) is 2. The standard InChI is InChI=1S/C24H35N3O8Si/c1-36(2,3)16-15-33-23(31)25-14-8-7-11-19(22(30)35-27-20(28)12-13-21(27)29)26-24(32)34-17-18-9-5-4-6-10-18/h4-6,9-10,19H,7-8,11-17H2,1-3H3,(H,25,31)(H,26,32)/t19-/m0/s1. The predicted octanol–water partition coefficient (Wildman–Crippen LogP) is 3.12. The van der Waals surface area contributed by atoms with Gasteiger partial charge in [0.1, 0.15) is 12.6 Å². The van der Waals surface area contributed by atoms with Gasteiger partial charge in [-0.2, -0.15) is 0 Å². The Kier molecular flexibility index (Phi) is 11.4. The van der Waals surface area contributed by atoms with Crippen molar-refractivity contribution in [3.05, 3.63) is 35.9 Å². The largest absolute Gasteiger partial charge is 0.450 e. The Bertz CT molecular complexity index is 904. The topological polar surface area (TPSA) is 140 Å². The molecule has 0 aromatic heterocycles. The fourth-order valence-corrected chi connectivity index (χ4v) is 3.85. The third-order valence-electron chi connectivity index (χ3n) is 5.25. The zero-order valence-electron chi connectivity index (χ0n) is 21.0. The van der Waals surface area contributed by atoms with E-state index in [-0.39, 0.29) is 25.9 Å². The molecule has 1 atom stereocenters. The molecule has 1 aliphatic heterocycles. The first-order valence-electron chi connectivity index (χ1n) is 12.0. The molecule has 36 heavy (non-hydrogen) atoms. The highest BCUT2D eigenvalue weighted by molar-refractivity contribution is 6.76. The van der Waals surface area contributed by atoms with E-state index >= 15 is 0 Å². The van der Waals surface area contributed by atoms with E-state index in [9.17, 15) is 24.0 Å². The van der Waals surface area contributed by atoms with E-state index in [1.807, 2.05) is 6.07 Å². The molecule has 0 unspecified atom stereocenters. The van der Waals surface area contributed by atoms with Gasteiger partial charge in [-0.3, -0.25) is 9.59 Å². The summed E-state index contributed by atoms with van der Waals surface area (Å²) in [6.07, 6.45) is -0.360. The molecule has 0 aliphatic carbocycles. The minimum absolute atomic E-state index is 0.00126. The normalized spacial score (nSPS) is 14.2. The number of nitrogens with one attached hydrogen (secondary N) is 2. The van der Waals surface area contributed by atoms with Gasteiger partial charge in [-0.25, -0.2) is 14.4 Å². The van der Waals surface area contributed by atoms with Crippen molar-refractivity contribution in [3.63, 3.8) is 0 Å². The van der Waals surface area contributed by atoms with Crippen LogP contribution in [-0.2, 0) is 35.3 Å². The van der Waals surface area contributed by atoms with Gasteiger partial charge in [-0.15, -0.1) is 5.06 Å². The van der Waals surface area contributed by atoms with Crippen LogP contribution in [0.25, 0.3) is 0 Å². The number of unbranched alkanes of at least 4 members (excludes halogenated alkanes) is 1. The monoisotopic (exact) mass is 521 g/mol. The van der Waals surface area contributed by atoms with Gasteiger partial charge in [0.2, 0.25) is 0 Å². The van der Waals surface area contributed by atoms with Crippen molar-refractivity contribution in [3.8, 4) is 0 Å². The lowest BCUT2D eigenvalue weighted by Gasteiger charge is -2.20. The zero-order valence-corrected chi connectivity index (χ0v) is 22.0. The predicted molar refractivity (Wildman–Crippen MR) is 132 cm³/mol. The van der Waals surface area contributed by atoms with Crippen LogP contribution in [0.4, 0.5) is 9.59 Å². The summed E-state index contributed by atoms with van der Waals surface area (Å²) >= 11 is 0. The number of carbonyl (C=O) groups excluding carboxylic acids is 5. The second-order valence-corrected chi connectivity index (χ2v) is 15.2. The van der Waals surface area contributed by atoms with Gasteiger partial charge in [-0.05, 0) is 30.9 Å². The summed E-state index contributed by atoms with van der Waals surface area (Å²) in [5.74, 6) is -2.18. The van der Waals surface area contributed by atoms with E-state index < -0.39 is 44.1 Å². The summed E-state index contributed by atoms with van der Waals surface area (Å²) in [5, 5.41) is 5.52. The Morgan fingerprint density at radius 1 is 0.972 bits per heavy atom. The first-order chi connectivity index (χ1) is 17.0. The quantitative estimate of drug-likeness (QED) is 0.229. The summed E-state index contributed by atoms with van der Waals surface area (Å²) in [5.41, 5.74) is 0.767. The number of alkyl carbamates (subject to hydrolysis) is 2. The Balaban J connectivity index is 1.82. The van der Waals surface area contributed by atoms with Gasteiger partial charge in [0.25, 0.3) is 11.8 Å². The van der Waals surface area contributed by atoms with Gasteiger partial charge < -0.3 is 24.9 Å². The second-order valence-electron chi connectivity index (χ2n) is 9.62. The fourth-order valence-electron chi connectivity index (χ4n) is 3.13. The van der Waals surface area contributed by atoms with Gasteiger partial charge in [0.05, 0.1) is 6.61 Å². The van der Waals surface area contributed by atoms with Crippen LogP contribution in [0.5, 0.6) is 0 Å². The van der Waals surface area contributed by atoms with Crippen LogP contribution in [0.15, 0.2) is 30.3 Å². The second kappa shape index (κ2) is 14.2. The van der Waals surface area contributed by atoms with E-state index in [0.717, 1.165) is 11.6 Å². The maximum absolute atomic E-state index is 12.6. The average Bonchev–Trinajstić information content (AvgIpc) is 3.13. The van der Waals surface area contributed by atoms with Crippen LogP contribution in [0.2, 0.25) is 25.7 Å². The van der Waals surface area contributed by atoms with Crippen molar-refractivity contribution in [1.29, 1.82) is 0 Å². The van der Waals surface area contributed by atoms with E-state index in [0.29, 0.717) is 31.1 Å². The summed E-state index contributed by atoms with van der Waals surface area (Å²) in [6, 6.07) is 8.72. The number of hydroxylamine groups is 2. The van der Waals surface area contributed by atoms with Crippen LogP contribution in [0.3, 0.4) is 0 Å². The fraction of sp³-hybridized carbons (Fsp3) is 0.542. The van der Waals surface area contributed by atoms with Crippen LogP contribution >= 0.6 is 0 Å². The summed E-state index contributed by atoms with van der Waals surface area (Å²) in [6.45, 7) is 7.26. The number of imide groups is 1. The van der Waals surface area contributed by atoms with Crippen LogP contribution < -0.4 is 10.6 Å². The number of carbonyl (C=O) groups is 5. The lowest BCUT2D eigenvalue weighted by Crippen LogP contribution is -2.45.